The fourth-order valence-electron chi connectivity index (χ4n) is 7.64. The van der Waals surface area contributed by atoms with E-state index in [4.69, 9.17) is 9.73 Å². The Balaban J connectivity index is 1.17. The molecule has 4 aliphatic rings. The summed E-state index contributed by atoms with van der Waals surface area (Å²) in [5.74, 6) is 4.26. The molecule has 1 aromatic carbocycles. The Bertz CT molecular complexity index is 1570. The van der Waals surface area contributed by atoms with Crippen molar-refractivity contribution in [2.75, 3.05) is 6.61 Å². The molecule has 1 N–H and O–H groups in total. The number of aliphatic imine (C=N–C) groups is 1. The second-order valence-electron chi connectivity index (χ2n) is 13.4. The number of nitrogens with zero attached hydrogens (tertiary/aromatic N) is 3. The summed E-state index contributed by atoms with van der Waals surface area (Å²) in [5.41, 5.74) is 10.3. The molecule has 0 amide bonds. The first kappa shape index (κ1) is 24.8. The Kier molecular flexibility index (Phi) is 5.50. The van der Waals surface area contributed by atoms with Gasteiger partial charge in [0, 0.05) is 35.0 Å². The fraction of sp³-hybridized carbons (Fsp3) is 0.500. The van der Waals surface area contributed by atoms with Crippen LogP contribution in [0.5, 0.6) is 5.75 Å². The maximum absolute atomic E-state index is 6.36. The number of hydrogen-bond acceptors (Lipinski definition) is 4. The number of aryl methyl sites for hydroxylation is 1. The summed E-state index contributed by atoms with van der Waals surface area (Å²) < 4.78 is 6.36. The number of benzene rings is 1. The van der Waals surface area contributed by atoms with Crippen LogP contribution in [0.25, 0.3) is 22.3 Å². The van der Waals surface area contributed by atoms with Crippen LogP contribution in [0.1, 0.15) is 65.3 Å². The lowest BCUT2D eigenvalue weighted by molar-refractivity contribution is 0.220. The van der Waals surface area contributed by atoms with Gasteiger partial charge in [-0.3, -0.25) is 4.99 Å². The Morgan fingerprint density at radius 3 is 2.79 bits per heavy atom. The highest BCUT2D eigenvalue weighted by molar-refractivity contribution is 5.78. The minimum atomic E-state index is 0.212. The minimum Gasteiger partial charge on any atom is -0.493 e. The van der Waals surface area contributed by atoms with Gasteiger partial charge in [0.2, 0.25) is 0 Å². The van der Waals surface area contributed by atoms with Gasteiger partial charge in [-0.1, -0.05) is 45.4 Å². The number of ether oxygens (including phenoxy) is 1. The van der Waals surface area contributed by atoms with Crippen LogP contribution < -0.4 is 4.74 Å². The van der Waals surface area contributed by atoms with Gasteiger partial charge in [-0.2, -0.15) is 0 Å². The quantitative estimate of drug-likeness (QED) is 0.357. The molecule has 1 spiro atoms. The summed E-state index contributed by atoms with van der Waals surface area (Å²) >= 11 is 0. The van der Waals surface area contributed by atoms with Crippen molar-refractivity contribution in [3.05, 3.63) is 64.8 Å². The number of imidazole rings is 1. The number of aromatic nitrogens is 3. The number of hydrogen-bond donors (Lipinski definition) is 1. The van der Waals surface area contributed by atoms with E-state index in [2.05, 4.69) is 86.1 Å². The molecule has 3 aromatic rings. The molecule has 5 unspecified atom stereocenters. The van der Waals surface area contributed by atoms with Crippen LogP contribution in [-0.2, 0) is 6.42 Å². The molecule has 5 atom stereocenters. The van der Waals surface area contributed by atoms with Gasteiger partial charge >= 0.3 is 0 Å². The van der Waals surface area contributed by atoms with E-state index >= 15 is 0 Å². The van der Waals surface area contributed by atoms with Crippen molar-refractivity contribution < 1.29 is 4.74 Å². The van der Waals surface area contributed by atoms with Gasteiger partial charge in [0.15, 0.2) is 5.65 Å². The predicted octanol–water partition coefficient (Wildman–Crippen LogP) is 7.87. The molecule has 5 nitrogen and oxygen atoms in total. The molecule has 39 heavy (non-hydrogen) atoms. The summed E-state index contributed by atoms with van der Waals surface area (Å²) in [5, 5.41) is 0. The second kappa shape index (κ2) is 8.64. The molecule has 2 aromatic heterocycles. The van der Waals surface area contributed by atoms with Crippen molar-refractivity contribution in [1.82, 2.24) is 15.0 Å². The number of aromatic amines is 1. The van der Waals surface area contributed by atoms with Crippen LogP contribution in [0, 0.1) is 41.4 Å². The van der Waals surface area contributed by atoms with Gasteiger partial charge in [0.1, 0.15) is 11.6 Å². The second-order valence-corrected chi connectivity index (χ2v) is 13.4. The molecule has 1 fully saturated rings. The number of pyridine rings is 1. The van der Waals surface area contributed by atoms with E-state index in [0.717, 1.165) is 60.6 Å². The molecule has 5 heteroatoms. The van der Waals surface area contributed by atoms with Gasteiger partial charge < -0.3 is 9.72 Å². The smallest absolute Gasteiger partial charge is 0.177 e. The van der Waals surface area contributed by atoms with Crippen LogP contribution in [0.4, 0.5) is 0 Å². The van der Waals surface area contributed by atoms with Gasteiger partial charge in [0.25, 0.3) is 0 Å². The molecule has 2 aliphatic heterocycles. The highest BCUT2D eigenvalue weighted by Gasteiger charge is 2.65. The third-order valence-corrected chi connectivity index (χ3v) is 10.5. The monoisotopic (exact) mass is 520 g/mol. The lowest BCUT2D eigenvalue weighted by Crippen LogP contribution is -2.29. The van der Waals surface area contributed by atoms with Crippen LogP contribution >= 0.6 is 0 Å². The summed E-state index contributed by atoms with van der Waals surface area (Å²) in [6, 6.07) is 8.76. The van der Waals surface area contributed by atoms with Gasteiger partial charge in [0.05, 0.1) is 12.1 Å². The van der Waals surface area contributed by atoms with Crippen LogP contribution in [0.3, 0.4) is 0 Å². The van der Waals surface area contributed by atoms with Gasteiger partial charge in [-0.25, -0.2) is 9.97 Å². The molecule has 2 aliphatic carbocycles. The third-order valence-electron chi connectivity index (χ3n) is 10.5. The number of allylic oxidation sites excluding steroid dienone is 4. The maximum Gasteiger partial charge on any atom is 0.177 e. The van der Waals surface area contributed by atoms with Crippen molar-refractivity contribution >= 4 is 17.4 Å². The molecule has 4 heterocycles. The number of nitrogens with one attached hydrogen (secondary N) is 1. The molecule has 0 saturated heterocycles. The lowest BCUT2D eigenvalue weighted by atomic mass is 9.66. The molecular weight excluding hydrogens is 480 g/mol. The molecule has 0 radical (unpaired) electrons. The highest BCUT2D eigenvalue weighted by atomic mass is 16.5. The average Bonchev–Trinajstić information content (AvgIpc) is 3.26. The number of H-pyrrole nitrogens is 1. The van der Waals surface area contributed by atoms with Crippen molar-refractivity contribution in [3.63, 3.8) is 0 Å². The van der Waals surface area contributed by atoms with E-state index in [-0.39, 0.29) is 10.8 Å². The minimum absolute atomic E-state index is 0.212. The molecule has 7 rings (SSSR count). The number of fused-ring (bicyclic) bond motifs is 2. The zero-order valence-corrected chi connectivity index (χ0v) is 24.1. The zero-order chi connectivity index (χ0) is 27.1. The predicted molar refractivity (Wildman–Crippen MR) is 158 cm³/mol. The topological polar surface area (TPSA) is 63.2 Å². The molecule has 0 bridgehead atoms. The first-order valence-corrected chi connectivity index (χ1v) is 14.7. The standard InChI is InChI=1S/C34H40N4O/c1-19-11-25-12-24(26-14-30-32(36-17-26)38-22(4)37-30)7-8-31(25)39-10-9-23(19)13-29-27-16-33(5,6)20(2)15-34(27)21(3)28(34)18-35-29/h7-8,12,14-15,17-19,21,23,28H,9-11,13,16H2,1-6H3,(H,36,37,38). The molecular formula is C34H40N4O. The third kappa shape index (κ3) is 3.91. The lowest BCUT2D eigenvalue weighted by Gasteiger charge is -2.39. The van der Waals surface area contributed by atoms with E-state index in [1.54, 1.807) is 11.1 Å². The van der Waals surface area contributed by atoms with E-state index in [1.165, 1.54) is 16.8 Å². The maximum atomic E-state index is 6.36. The SMILES string of the molecule is CC1=CC23C(=C(CC4CCOc5ccc(-c6cnc7nc(C)[nH]c7c6)cc5CC4C)N=CC2C3C)CC1(C)C. The average molecular weight is 521 g/mol. The van der Waals surface area contributed by atoms with Gasteiger partial charge in [-0.05, 0) is 97.6 Å². The van der Waals surface area contributed by atoms with E-state index in [0.29, 0.717) is 23.7 Å². The van der Waals surface area contributed by atoms with E-state index < -0.39 is 0 Å². The number of rotatable bonds is 3. The fourth-order valence-corrected chi connectivity index (χ4v) is 7.64. The van der Waals surface area contributed by atoms with Crippen LogP contribution in [0.2, 0.25) is 0 Å². The summed E-state index contributed by atoms with van der Waals surface area (Å²) in [6.45, 7) is 14.7. The first-order chi connectivity index (χ1) is 18.7. The van der Waals surface area contributed by atoms with Crippen LogP contribution in [0.15, 0.2) is 58.4 Å². The largest absolute Gasteiger partial charge is 0.493 e. The Morgan fingerprint density at radius 2 is 1.95 bits per heavy atom. The summed E-state index contributed by atoms with van der Waals surface area (Å²) in [6.07, 6.45) is 11.1. The molecule has 1 saturated carbocycles. The molecule has 202 valence electrons. The summed E-state index contributed by atoms with van der Waals surface area (Å²) in [7, 11) is 0. The Labute approximate surface area is 231 Å². The summed E-state index contributed by atoms with van der Waals surface area (Å²) in [4.78, 5) is 17.5. The Morgan fingerprint density at radius 1 is 1.10 bits per heavy atom. The zero-order valence-electron chi connectivity index (χ0n) is 24.1. The van der Waals surface area contributed by atoms with Crippen molar-refractivity contribution in [2.45, 2.75) is 67.2 Å². The first-order valence-electron chi connectivity index (χ1n) is 14.7. The van der Waals surface area contributed by atoms with E-state index in [9.17, 15) is 0 Å². The van der Waals surface area contributed by atoms with Crippen LogP contribution in [-0.4, -0.2) is 27.8 Å². The Hall–Kier alpha value is -3.21. The van der Waals surface area contributed by atoms with Crippen molar-refractivity contribution in [3.8, 4) is 16.9 Å². The normalized spacial score (nSPS) is 31.0. The van der Waals surface area contributed by atoms with Crippen molar-refractivity contribution in [1.29, 1.82) is 0 Å². The highest BCUT2D eigenvalue weighted by Crippen LogP contribution is 2.70. The van der Waals surface area contributed by atoms with Crippen molar-refractivity contribution in [2.24, 2.45) is 39.5 Å². The van der Waals surface area contributed by atoms with Gasteiger partial charge in [-0.15, -0.1) is 0 Å². The van der Waals surface area contributed by atoms with E-state index in [1.807, 2.05) is 13.1 Å².